The minimum atomic E-state index is -0.0416. The van der Waals surface area contributed by atoms with Crippen LogP contribution in [-0.2, 0) is 4.79 Å². The molecule has 0 radical (unpaired) electrons. The molecular formula is C17H32N4O. The molecule has 5 heteroatoms. The zero-order valence-corrected chi connectivity index (χ0v) is 15.0. The van der Waals surface area contributed by atoms with E-state index in [0.29, 0.717) is 24.5 Å². The quantitative estimate of drug-likeness (QED) is 0.751. The number of hydrogen-bond acceptors (Lipinski definition) is 4. The van der Waals surface area contributed by atoms with E-state index in [1.54, 1.807) is 0 Å². The predicted octanol–water partition coefficient (Wildman–Crippen LogP) is 1.80. The molecule has 0 bridgehead atoms. The van der Waals surface area contributed by atoms with Gasteiger partial charge in [-0.05, 0) is 33.6 Å². The highest BCUT2D eigenvalue weighted by Crippen LogP contribution is 2.14. The van der Waals surface area contributed by atoms with Gasteiger partial charge in [0, 0.05) is 38.3 Å². The predicted molar refractivity (Wildman–Crippen MR) is 89.4 cm³/mol. The first-order valence-corrected chi connectivity index (χ1v) is 8.45. The molecule has 0 spiro atoms. The van der Waals surface area contributed by atoms with Crippen molar-refractivity contribution in [3.05, 3.63) is 0 Å². The lowest BCUT2D eigenvalue weighted by Gasteiger charge is -2.39. The molecule has 1 amide bonds. The molecule has 0 aromatic heterocycles. The number of carbonyl (C=O) groups excluding carboxylic acids is 1. The summed E-state index contributed by atoms with van der Waals surface area (Å²) in [6, 6.07) is 3.09. The Morgan fingerprint density at radius 2 is 1.55 bits per heavy atom. The van der Waals surface area contributed by atoms with E-state index in [1.807, 2.05) is 4.90 Å². The van der Waals surface area contributed by atoms with Crippen molar-refractivity contribution in [1.29, 1.82) is 5.26 Å². The van der Waals surface area contributed by atoms with Gasteiger partial charge in [-0.2, -0.15) is 5.26 Å². The summed E-state index contributed by atoms with van der Waals surface area (Å²) < 4.78 is 0. The first-order chi connectivity index (χ1) is 10.3. The molecule has 1 aliphatic heterocycles. The Balaban J connectivity index is 2.54. The SMILES string of the molecule is CC(C)[C@@H](C#N)N1CCN(C(=O)CN(C(C)C)C(C)C)CC1. The Morgan fingerprint density at radius 3 is 1.91 bits per heavy atom. The summed E-state index contributed by atoms with van der Waals surface area (Å²) in [4.78, 5) is 18.9. The molecule has 22 heavy (non-hydrogen) atoms. The minimum absolute atomic E-state index is 0.0416. The van der Waals surface area contributed by atoms with Gasteiger partial charge in [-0.25, -0.2) is 0 Å². The number of piperazine rings is 1. The molecule has 0 aromatic rings. The van der Waals surface area contributed by atoms with Gasteiger partial charge >= 0.3 is 0 Å². The van der Waals surface area contributed by atoms with Crippen molar-refractivity contribution in [2.24, 2.45) is 5.92 Å². The molecule has 0 aliphatic carbocycles. The van der Waals surface area contributed by atoms with Crippen molar-refractivity contribution in [3.63, 3.8) is 0 Å². The second-order valence-electron chi connectivity index (χ2n) is 7.09. The van der Waals surface area contributed by atoms with Gasteiger partial charge in [0.05, 0.1) is 12.6 Å². The number of amides is 1. The van der Waals surface area contributed by atoms with Gasteiger partial charge in [-0.3, -0.25) is 14.6 Å². The summed E-state index contributed by atoms with van der Waals surface area (Å²) in [5.74, 6) is 0.532. The lowest BCUT2D eigenvalue weighted by Crippen LogP contribution is -2.55. The van der Waals surface area contributed by atoms with Crippen LogP contribution < -0.4 is 0 Å². The van der Waals surface area contributed by atoms with Crippen molar-refractivity contribution in [1.82, 2.24) is 14.7 Å². The maximum absolute atomic E-state index is 12.5. The third-order valence-electron chi connectivity index (χ3n) is 4.47. The number of nitrogens with zero attached hydrogens (tertiary/aromatic N) is 4. The second kappa shape index (κ2) is 8.50. The van der Waals surface area contributed by atoms with Crippen molar-refractivity contribution >= 4 is 5.91 Å². The Morgan fingerprint density at radius 1 is 1.05 bits per heavy atom. The lowest BCUT2D eigenvalue weighted by atomic mass is 10.0. The summed E-state index contributed by atoms with van der Waals surface area (Å²) in [5, 5.41) is 9.29. The minimum Gasteiger partial charge on any atom is -0.339 e. The van der Waals surface area contributed by atoms with Crippen LogP contribution in [0.3, 0.4) is 0 Å². The van der Waals surface area contributed by atoms with Gasteiger partial charge in [0.2, 0.25) is 5.91 Å². The highest BCUT2D eigenvalue weighted by atomic mass is 16.2. The van der Waals surface area contributed by atoms with Crippen LogP contribution in [-0.4, -0.2) is 71.5 Å². The van der Waals surface area contributed by atoms with Gasteiger partial charge in [0.1, 0.15) is 6.04 Å². The Hall–Kier alpha value is -1.12. The van der Waals surface area contributed by atoms with Gasteiger partial charge < -0.3 is 4.90 Å². The van der Waals surface area contributed by atoms with E-state index in [0.717, 1.165) is 26.2 Å². The lowest BCUT2D eigenvalue weighted by molar-refractivity contribution is -0.135. The van der Waals surface area contributed by atoms with Gasteiger partial charge in [0.15, 0.2) is 0 Å². The van der Waals surface area contributed by atoms with Gasteiger partial charge in [0.25, 0.3) is 0 Å². The number of carbonyl (C=O) groups is 1. The molecule has 126 valence electrons. The van der Waals surface area contributed by atoms with Crippen molar-refractivity contribution < 1.29 is 4.79 Å². The Kier molecular flexibility index (Phi) is 7.31. The normalized spacial score (nSPS) is 18.3. The summed E-state index contributed by atoms with van der Waals surface area (Å²) >= 11 is 0. The van der Waals surface area contributed by atoms with Crippen LogP contribution in [0.15, 0.2) is 0 Å². The average Bonchev–Trinajstić information content (AvgIpc) is 2.44. The number of nitriles is 1. The van der Waals surface area contributed by atoms with Gasteiger partial charge in [-0.15, -0.1) is 0 Å². The van der Waals surface area contributed by atoms with Crippen LogP contribution in [0.1, 0.15) is 41.5 Å². The fourth-order valence-electron chi connectivity index (χ4n) is 3.12. The van der Waals surface area contributed by atoms with Crippen LogP contribution in [0.5, 0.6) is 0 Å². The van der Waals surface area contributed by atoms with E-state index in [9.17, 15) is 10.1 Å². The third-order valence-corrected chi connectivity index (χ3v) is 4.47. The standard InChI is InChI=1S/C17H32N4O/c1-13(2)16(11-18)19-7-9-20(10-8-19)17(22)12-21(14(3)4)15(5)6/h13-16H,7-10,12H2,1-6H3/t16-/m1/s1. The summed E-state index contributed by atoms with van der Waals surface area (Å²) in [6.07, 6.45) is 0. The maximum atomic E-state index is 12.5. The molecule has 1 aliphatic rings. The van der Waals surface area contributed by atoms with Crippen LogP contribution in [0.4, 0.5) is 0 Å². The monoisotopic (exact) mass is 308 g/mol. The summed E-state index contributed by atoms with van der Waals surface area (Å²) in [7, 11) is 0. The van der Waals surface area contributed by atoms with Crippen LogP contribution in [0, 0.1) is 17.2 Å². The zero-order valence-electron chi connectivity index (χ0n) is 15.0. The molecule has 0 saturated carbocycles. The highest BCUT2D eigenvalue weighted by molar-refractivity contribution is 5.78. The first kappa shape index (κ1) is 18.9. The second-order valence-corrected chi connectivity index (χ2v) is 7.09. The van der Waals surface area contributed by atoms with Crippen molar-refractivity contribution in [3.8, 4) is 6.07 Å². The van der Waals surface area contributed by atoms with E-state index in [-0.39, 0.29) is 11.9 Å². The molecule has 1 saturated heterocycles. The molecule has 1 rings (SSSR count). The van der Waals surface area contributed by atoms with E-state index in [1.165, 1.54) is 0 Å². The number of rotatable bonds is 6. The molecular weight excluding hydrogens is 276 g/mol. The largest absolute Gasteiger partial charge is 0.339 e. The van der Waals surface area contributed by atoms with E-state index in [4.69, 9.17) is 0 Å². The topological polar surface area (TPSA) is 50.6 Å². The van der Waals surface area contributed by atoms with E-state index in [2.05, 4.69) is 57.4 Å². The molecule has 1 heterocycles. The Labute approximate surface area is 135 Å². The maximum Gasteiger partial charge on any atom is 0.236 e. The third kappa shape index (κ3) is 4.96. The summed E-state index contributed by atoms with van der Waals surface area (Å²) in [6.45, 7) is 16.2. The fourth-order valence-corrected chi connectivity index (χ4v) is 3.12. The molecule has 0 unspecified atom stereocenters. The van der Waals surface area contributed by atoms with Crippen molar-refractivity contribution in [2.45, 2.75) is 59.7 Å². The molecule has 0 aromatic carbocycles. The fraction of sp³-hybridized carbons (Fsp3) is 0.882. The van der Waals surface area contributed by atoms with Crippen LogP contribution in [0.25, 0.3) is 0 Å². The number of hydrogen-bond donors (Lipinski definition) is 0. The molecule has 1 fully saturated rings. The van der Waals surface area contributed by atoms with Gasteiger partial charge in [-0.1, -0.05) is 13.8 Å². The average molecular weight is 308 g/mol. The van der Waals surface area contributed by atoms with Crippen LogP contribution >= 0.6 is 0 Å². The molecule has 5 nitrogen and oxygen atoms in total. The Bertz CT molecular complexity index is 384. The highest BCUT2D eigenvalue weighted by Gasteiger charge is 2.28. The van der Waals surface area contributed by atoms with E-state index >= 15 is 0 Å². The van der Waals surface area contributed by atoms with Crippen LogP contribution in [0.2, 0.25) is 0 Å². The molecule has 0 N–H and O–H groups in total. The van der Waals surface area contributed by atoms with Crippen molar-refractivity contribution in [2.75, 3.05) is 32.7 Å². The molecule has 1 atom stereocenters. The summed E-state index contributed by atoms with van der Waals surface area (Å²) in [5.41, 5.74) is 0. The van der Waals surface area contributed by atoms with E-state index < -0.39 is 0 Å². The smallest absolute Gasteiger partial charge is 0.236 e. The zero-order chi connectivity index (χ0) is 16.9. The first-order valence-electron chi connectivity index (χ1n) is 8.45.